The maximum Gasteiger partial charge on any atom is 0.246 e. The van der Waals surface area contributed by atoms with Gasteiger partial charge < -0.3 is 20.1 Å². The minimum Gasteiger partial charge on any atom is -0.490 e. The maximum absolute atomic E-state index is 12.5. The van der Waals surface area contributed by atoms with Gasteiger partial charge in [-0.1, -0.05) is 26.0 Å². The summed E-state index contributed by atoms with van der Waals surface area (Å²) < 4.78 is 11.2. The Bertz CT molecular complexity index is 742. The van der Waals surface area contributed by atoms with E-state index in [4.69, 9.17) is 9.47 Å². The number of rotatable bonds is 9. The summed E-state index contributed by atoms with van der Waals surface area (Å²) >= 11 is 0. The molecule has 0 fully saturated rings. The van der Waals surface area contributed by atoms with Gasteiger partial charge in [0.1, 0.15) is 6.04 Å². The first-order valence-electron chi connectivity index (χ1n) is 9.51. The van der Waals surface area contributed by atoms with E-state index in [1.807, 2.05) is 63.2 Å². The van der Waals surface area contributed by atoms with Crippen molar-refractivity contribution < 1.29 is 14.3 Å². The Hall–Kier alpha value is -2.69. The molecule has 2 aromatic rings. The van der Waals surface area contributed by atoms with E-state index >= 15 is 0 Å². The van der Waals surface area contributed by atoms with Gasteiger partial charge in [0.15, 0.2) is 11.5 Å². The Morgan fingerprint density at radius 3 is 2.07 bits per heavy atom. The third-order valence-electron chi connectivity index (χ3n) is 4.16. The number of carbonyl (C=O) groups excluding carboxylic acids is 1. The summed E-state index contributed by atoms with van der Waals surface area (Å²) in [5.74, 6) is 1.74. The molecule has 0 unspecified atom stereocenters. The smallest absolute Gasteiger partial charge is 0.246 e. The second-order valence-corrected chi connectivity index (χ2v) is 6.66. The maximum atomic E-state index is 12.5. The van der Waals surface area contributed by atoms with Crippen molar-refractivity contribution in [1.82, 2.24) is 0 Å². The van der Waals surface area contributed by atoms with Gasteiger partial charge in [0, 0.05) is 17.4 Å². The molecule has 0 saturated heterocycles. The van der Waals surface area contributed by atoms with Crippen LogP contribution in [0.1, 0.15) is 46.1 Å². The molecule has 5 nitrogen and oxygen atoms in total. The summed E-state index contributed by atoms with van der Waals surface area (Å²) in [5, 5.41) is 6.15. The third-order valence-corrected chi connectivity index (χ3v) is 4.16. The Kier molecular flexibility index (Phi) is 7.53. The highest BCUT2D eigenvalue weighted by atomic mass is 16.5. The van der Waals surface area contributed by atoms with Gasteiger partial charge in [0.2, 0.25) is 5.91 Å². The number of anilines is 2. The Balaban J connectivity index is 2.01. The largest absolute Gasteiger partial charge is 0.490 e. The zero-order chi connectivity index (χ0) is 19.8. The van der Waals surface area contributed by atoms with Crippen molar-refractivity contribution in [2.24, 2.45) is 0 Å². The number of nitrogens with one attached hydrogen (secondary N) is 2. The van der Waals surface area contributed by atoms with E-state index in [-0.39, 0.29) is 5.91 Å². The molecule has 0 aliphatic heterocycles. The van der Waals surface area contributed by atoms with Crippen LogP contribution in [0, 0.1) is 0 Å². The summed E-state index contributed by atoms with van der Waals surface area (Å²) in [7, 11) is 0. The van der Waals surface area contributed by atoms with Crippen LogP contribution < -0.4 is 20.1 Å². The quantitative estimate of drug-likeness (QED) is 0.649. The molecule has 0 aliphatic carbocycles. The first-order valence-corrected chi connectivity index (χ1v) is 9.51. The first kappa shape index (κ1) is 20.6. The molecule has 27 heavy (non-hydrogen) atoms. The van der Waals surface area contributed by atoms with Crippen LogP contribution in [0.2, 0.25) is 0 Å². The molecule has 2 aromatic carbocycles. The van der Waals surface area contributed by atoms with Crippen LogP contribution in [-0.4, -0.2) is 25.2 Å². The van der Waals surface area contributed by atoms with Crippen LogP contribution >= 0.6 is 0 Å². The average Bonchev–Trinajstić information content (AvgIpc) is 2.64. The number of benzene rings is 2. The minimum atomic E-state index is -0.401. The molecular formula is C22H30N2O3. The minimum absolute atomic E-state index is 0.0980. The number of amides is 1. The fourth-order valence-corrected chi connectivity index (χ4v) is 2.66. The molecular weight excluding hydrogens is 340 g/mol. The molecule has 1 atom stereocenters. The second-order valence-electron chi connectivity index (χ2n) is 6.66. The van der Waals surface area contributed by atoms with E-state index in [1.54, 1.807) is 0 Å². The van der Waals surface area contributed by atoms with Crippen LogP contribution in [0.15, 0.2) is 42.5 Å². The summed E-state index contributed by atoms with van der Waals surface area (Å²) in [6.45, 7) is 11.1. The van der Waals surface area contributed by atoms with E-state index in [0.717, 1.165) is 11.4 Å². The highest BCUT2D eigenvalue weighted by Crippen LogP contribution is 2.31. The Morgan fingerprint density at radius 1 is 0.889 bits per heavy atom. The Labute approximate surface area is 162 Å². The van der Waals surface area contributed by atoms with E-state index in [1.165, 1.54) is 5.56 Å². The molecule has 1 amide bonds. The van der Waals surface area contributed by atoms with Crippen molar-refractivity contribution in [3.05, 3.63) is 48.0 Å². The van der Waals surface area contributed by atoms with Crippen molar-refractivity contribution in [2.75, 3.05) is 23.8 Å². The van der Waals surface area contributed by atoms with Crippen LogP contribution in [0.4, 0.5) is 11.4 Å². The highest BCUT2D eigenvalue weighted by molar-refractivity contribution is 5.96. The molecule has 0 bridgehead atoms. The molecule has 0 heterocycles. The van der Waals surface area contributed by atoms with Gasteiger partial charge in [-0.2, -0.15) is 0 Å². The standard InChI is InChI=1S/C22H30N2O3/c1-6-26-20-13-12-19(14-21(20)27-7-2)23-16(5)22(25)24-18-10-8-17(9-11-18)15(3)4/h8-16,23H,6-7H2,1-5H3,(H,24,25)/t16-/m1/s1. The monoisotopic (exact) mass is 370 g/mol. The fourth-order valence-electron chi connectivity index (χ4n) is 2.66. The van der Waals surface area contributed by atoms with E-state index < -0.39 is 6.04 Å². The lowest BCUT2D eigenvalue weighted by molar-refractivity contribution is -0.116. The molecule has 0 radical (unpaired) electrons. The summed E-state index contributed by atoms with van der Waals surface area (Å²) in [4.78, 5) is 12.5. The zero-order valence-electron chi connectivity index (χ0n) is 16.8. The lowest BCUT2D eigenvalue weighted by atomic mass is 10.0. The fraction of sp³-hybridized carbons (Fsp3) is 0.409. The zero-order valence-corrected chi connectivity index (χ0v) is 16.8. The van der Waals surface area contributed by atoms with E-state index in [9.17, 15) is 4.79 Å². The first-order chi connectivity index (χ1) is 12.9. The van der Waals surface area contributed by atoms with Crippen molar-refractivity contribution >= 4 is 17.3 Å². The van der Waals surface area contributed by atoms with Crippen molar-refractivity contribution in [2.45, 2.75) is 46.6 Å². The van der Waals surface area contributed by atoms with Crippen molar-refractivity contribution in [1.29, 1.82) is 0 Å². The van der Waals surface area contributed by atoms with Gasteiger partial charge in [0.25, 0.3) is 0 Å². The highest BCUT2D eigenvalue weighted by Gasteiger charge is 2.14. The SMILES string of the molecule is CCOc1ccc(N[C@H](C)C(=O)Nc2ccc(C(C)C)cc2)cc1OCC. The molecule has 0 spiro atoms. The third kappa shape index (κ3) is 5.91. The van der Waals surface area contributed by atoms with Crippen LogP contribution in [0.3, 0.4) is 0 Å². The van der Waals surface area contributed by atoms with Gasteiger partial charge in [-0.15, -0.1) is 0 Å². The molecule has 0 aliphatic rings. The summed E-state index contributed by atoms with van der Waals surface area (Å²) in [6, 6.07) is 13.1. The molecule has 5 heteroatoms. The van der Waals surface area contributed by atoms with Gasteiger partial charge in [0.05, 0.1) is 13.2 Å². The molecule has 2 rings (SSSR count). The number of carbonyl (C=O) groups is 1. The lowest BCUT2D eigenvalue weighted by Crippen LogP contribution is -2.31. The number of hydrogen-bond acceptors (Lipinski definition) is 4. The summed E-state index contributed by atoms with van der Waals surface area (Å²) in [6.07, 6.45) is 0. The van der Waals surface area contributed by atoms with E-state index in [0.29, 0.717) is 30.6 Å². The predicted molar refractivity (Wildman–Crippen MR) is 111 cm³/mol. The van der Waals surface area contributed by atoms with Gasteiger partial charge in [-0.25, -0.2) is 0 Å². The molecule has 2 N–H and O–H groups in total. The van der Waals surface area contributed by atoms with Gasteiger partial charge >= 0.3 is 0 Å². The predicted octanol–water partition coefficient (Wildman–Crippen LogP) is 5.05. The van der Waals surface area contributed by atoms with Crippen LogP contribution in [0.25, 0.3) is 0 Å². The Morgan fingerprint density at radius 2 is 1.48 bits per heavy atom. The van der Waals surface area contributed by atoms with Gasteiger partial charge in [-0.3, -0.25) is 4.79 Å². The van der Waals surface area contributed by atoms with E-state index in [2.05, 4.69) is 24.5 Å². The van der Waals surface area contributed by atoms with Gasteiger partial charge in [-0.05, 0) is 56.5 Å². The van der Waals surface area contributed by atoms with Crippen LogP contribution in [0.5, 0.6) is 11.5 Å². The topological polar surface area (TPSA) is 59.6 Å². The summed E-state index contributed by atoms with van der Waals surface area (Å²) in [5.41, 5.74) is 2.84. The van der Waals surface area contributed by atoms with Crippen molar-refractivity contribution in [3.63, 3.8) is 0 Å². The number of ether oxygens (including phenoxy) is 2. The number of hydrogen-bond donors (Lipinski definition) is 2. The second kappa shape index (κ2) is 9.86. The molecule has 0 saturated carbocycles. The molecule has 0 aromatic heterocycles. The molecule has 146 valence electrons. The van der Waals surface area contributed by atoms with Crippen LogP contribution in [-0.2, 0) is 4.79 Å². The normalized spacial score (nSPS) is 11.8. The van der Waals surface area contributed by atoms with Crippen molar-refractivity contribution in [3.8, 4) is 11.5 Å². The average molecular weight is 370 g/mol. The lowest BCUT2D eigenvalue weighted by Gasteiger charge is -2.18.